The molecule has 2 aromatic carbocycles. The molecule has 0 saturated carbocycles. The minimum Gasteiger partial charge on any atom is -0.495 e. The maximum Gasteiger partial charge on any atom is 0.322 e. The van der Waals surface area contributed by atoms with Crippen LogP contribution in [0.4, 0.5) is 0 Å². The van der Waals surface area contributed by atoms with E-state index in [0.717, 1.165) is 22.3 Å². The molecular formula is C22H21ClN2O5. The average molecular weight is 429 g/mol. The molecule has 7 nitrogen and oxygen atoms in total. The second-order valence-electron chi connectivity index (χ2n) is 7.45. The van der Waals surface area contributed by atoms with E-state index < -0.39 is 24.5 Å². The Morgan fingerprint density at radius 3 is 2.67 bits per heavy atom. The number of benzene rings is 2. The number of nitrogens with zero attached hydrogens (tertiary/aromatic N) is 1. The third-order valence-corrected chi connectivity index (χ3v) is 6.01. The number of halogens is 1. The van der Waals surface area contributed by atoms with Gasteiger partial charge in [-0.2, -0.15) is 0 Å². The second-order valence-corrected chi connectivity index (χ2v) is 7.86. The third kappa shape index (κ3) is 3.61. The van der Waals surface area contributed by atoms with Crippen molar-refractivity contribution in [1.29, 1.82) is 0 Å². The molecule has 4 rings (SSSR count). The van der Waals surface area contributed by atoms with Crippen LogP contribution in [0.5, 0.6) is 5.75 Å². The minimum atomic E-state index is -1.12. The summed E-state index contributed by atoms with van der Waals surface area (Å²) in [5.74, 6) is -1.04. The Bertz CT molecular complexity index is 1040. The number of carboxylic acid groups (broad SMARTS) is 1. The van der Waals surface area contributed by atoms with Gasteiger partial charge in [0.2, 0.25) is 11.8 Å². The molecule has 0 aliphatic carbocycles. The van der Waals surface area contributed by atoms with Crippen molar-refractivity contribution in [2.75, 3.05) is 13.7 Å². The molecule has 2 N–H and O–H groups in total. The number of hydrogen-bond donors (Lipinski definition) is 2. The molecule has 156 valence electrons. The van der Waals surface area contributed by atoms with E-state index in [1.165, 1.54) is 0 Å². The van der Waals surface area contributed by atoms with E-state index in [2.05, 4.69) is 11.4 Å². The van der Waals surface area contributed by atoms with E-state index in [-0.39, 0.29) is 11.9 Å². The molecule has 1 fully saturated rings. The van der Waals surface area contributed by atoms with Crippen molar-refractivity contribution in [3.8, 4) is 16.9 Å². The topological polar surface area (TPSA) is 95.9 Å². The predicted octanol–water partition coefficient (Wildman–Crippen LogP) is 2.80. The van der Waals surface area contributed by atoms with E-state index in [1.807, 2.05) is 30.3 Å². The van der Waals surface area contributed by atoms with Crippen molar-refractivity contribution in [2.45, 2.75) is 31.3 Å². The van der Waals surface area contributed by atoms with Crippen molar-refractivity contribution < 1.29 is 24.2 Å². The maximum absolute atomic E-state index is 12.6. The number of carboxylic acids is 1. The summed E-state index contributed by atoms with van der Waals surface area (Å²) in [6.07, 6.45) is 1.35. The Balaban J connectivity index is 1.68. The first kappa shape index (κ1) is 20.2. The highest BCUT2D eigenvalue weighted by Gasteiger charge is 2.44. The Morgan fingerprint density at radius 1 is 1.23 bits per heavy atom. The standard InChI is InChI=1S/C22H21ClN2O5/c1-30-19-6-4-13(9-16(19)23)12-2-3-14-10-18(22(29)24-11-21(27)28)25-17(15(14)8-12)5-7-20(25)26/h2-4,6,8-9,17-18H,5,7,10-11H2,1H3,(H,24,29)(H,27,28)/t17-,18+/m1/s1. The Kier molecular flexibility index (Phi) is 5.39. The summed E-state index contributed by atoms with van der Waals surface area (Å²) in [5, 5.41) is 11.8. The van der Waals surface area contributed by atoms with Gasteiger partial charge in [-0.25, -0.2) is 0 Å². The van der Waals surface area contributed by atoms with Gasteiger partial charge in [0.25, 0.3) is 0 Å². The smallest absolute Gasteiger partial charge is 0.322 e. The van der Waals surface area contributed by atoms with Gasteiger partial charge in [0.1, 0.15) is 18.3 Å². The summed E-state index contributed by atoms with van der Waals surface area (Å²) in [5.41, 5.74) is 3.91. The highest BCUT2D eigenvalue weighted by molar-refractivity contribution is 6.32. The van der Waals surface area contributed by atoms with Crippen LogP contribution in [0.15, 0.2) is 36.4 Å². The lowest BCUT2D eigenvalue weighted by Crippen LogP contribution is -2.52. The summed E-state index contributed by atoms with van der Waals surface area (Å²) in [4.78, 5) is 37.5. The lowest BCUT2D eigenvalue weighted by molar-refractivity contribution is -0.142. The first-order chi connectivity index (χ1) is 14.4. The van der Waals surface area contributed by atoms with Crippen LogP contribution < -0.4 is 10.1 Å². The van der Waals surface area contributed by atoms with E-state index in [9.17, 15) is 14.4 Å². The monoisotopic (exact) mass is 428 g/mol. The van der Waals surface area contributed by atoms with E-state index in [4.69, 9.17) is 21.4 Å². The van der Waals surface area contributed by atoms with Crippen LogP contribution in [0, 0.1) is 0 Å². The second kappa shape index (κ2) is 7.99. The molecule has 2 aliphatic rings. The van der Waals surface area contributed by atoms with Crippen LogP contribution in [0.1, 0.15) is 30.0 Å². The number of aliphatic carboxylic acids is 1. The zero-order valence-corrected chi connectivity index (χ0v) is 17.1. The van der Waals surface area contributed by atoms with Gasteiger partial charge < -0.3 is 20.1 Å². The summed E-state index contributed by atoms with van der Waals surface area (Å²) in [7, 11) is 1.56. The number of fused-ring (bicyclic) bond motifs is 3. The van der Waals surface area contributed by atoms with Crippen LogP contribution in [0.25, 0.3) is 11.1 Å². The third-order valence-electron chi connectivity index (χ3n) is 5.71. The predicted molar refractivity (Wildman–Crippen MR) is 110 cm³/mol. The molecule has 2 heterocycles. The fourth-order valence-electron chi connectivity index (χ4n) is 4.32. The molecule has 0 spiro atoms. The van der Waals surface area contributed by atoms with Gasteiger partial charge in [0, 0.05) is 12.8 Å². The largest absolute Gasteiger partial charge is 0.495 e. The average Bonchev–Trinajstić information content (AvgIpc) is 3.13. The van der Waals surface area contributed by atoms with Gasteiger partial charge in [0.15, 0.2) is 0 Å². The molecule has 2 aromatic rings. The number of carbonyl (C=O) groups is 3. The van der Waals surface area contributed by atoms with Crippen LogP contribution in [0.2, 0.25) is 5.02 Å². The van der Waals surface area contributed by atoms with Crippen molar-refractivity contribution in [1.82, 2.24) is 10.2 Å². The van der Waals surface area contributed by atoms with Crippen LogP contribution >= 0.6 is 11.6 Å². The number of methoxy groups -OCH3 is 1. The lowest BCUT2D eigenvalue weighted by Gasteiger charge is -2.38. The molecule has 0 unspecified atom stereocenters. The van der Waals surface area contributed by atoms with Crippen LogP contribution in [0.3, 0.4) is 0 Å². The quantitative estimate of drug-likeness (QED) is 0.763. The highest BCUT2D eigenvalue weighted by Crippen LogP contribution is 2.43. The van der Waals surface area contributed by atoms with Gasteiger partial charge in [-0.1, -0.05) is 29.8 Å². The van der Waals surface area contributed by atoms with Gasteiger partial charge in [-0.05, 0) is 46.9 Å². The van der Waals surface area contributed by atoms with Crippen molar-refractivity contribution >= 4 is 29.4 Å². The molecule has 30 heavy (non-hydrogen) atoms. The van der Waals surface area contributed by atoms with E-state index >= 15 is 0 Å². The Labute approximate surface area is 178 Å². The first-order valence-electron chi connectivity index (χ1n) is 9.66. The normalized spacial score (nSPS) is 19.8. The molecule has 8 heteroatoms. The zero-order valence-electron chi connectivity index (χ0n) is 16.4. The molecule has 2 amide bonds. The summed E-state index contributed by atoms with van der Waals surface area (Å²) in [6, 6.07) is 10.7. The van der Waals surface area contributed by atoms with E-state index in [1.54, 1.807) is 12.0 Å². The molecule has 0 radical (unpaired) electrons. The summed E-state index contributed by atoms with van der Waals surface area (Å²) in [6.45, 7) is -0.466. The van der Waals surface area contributed by atoms with Crippen LogP contribution in [-0.4, -0.2) is 47.5 Å². The van der Waals surface area contributed by atoms with Crippen molar-refractivity contribution in [3.63, 3.8) is 0 Å². The maximum atomic E-state index is 12.6. The molecular weight excluding hydrogens is 408 g/mol. The minimum absolute atomic E-state index is 0.0842. The van der Waals surface area contributed by atoms with Gasteiger partial charge in [-0.3, -0.25) is 14.4 Å². The number of nitrogens with one attached hydrogen (secondary N) is 1. The Morgan fingerprint density at radius 2 is 1.97 bits per heavy atom. The lowest BCUT2D eigenvalue weighted by atomic mass is 9.86. The number of ether oxygens (including phenoxy) is 1. The number of carbonyl (C=O) groups excluding carboxylic acids is 2. The van der Waals surface area contributed by atoms with Gasteiger partial charge in [-0.15, -0.1) is 0 Å². The van der Waals surface area contributed by atoms with E-state index in [0.29, 0.717) is 30.0 Å². The zero-order chi connectivity index (χ0) is 21.4. The van der Waals surface area contributed by atoms with Crippen LogP contribution in [-0.2, 0) is 20.8 Å². The molecule has 2 aliphatic heterocycles. The van der Waals surface area contributed by atoms with Crippen molar-refractivity contribution in [3.05, 3.63) is 52.5 Å². The number of rotatable bonds is 5. The highest BCUT2D eigenvalue weighted by atomic mass is 35.5. The molecule has 0 bridgehead atoms. The SMILES string of the molecule is COc1ccc(-c2ccc3c(c2)[C@H]2CCC(=O)N2[C@H](C(=O)NCC(=O)O)C3)cc1Cl. The molecule has 0 aromatic heterocycles. The van der Waals surface area contributed by atoms with Gasteiger partial charge >= 0.3 is 5.97 Å². The number of amides is 2. The first-order valence-corrected chi connectivity index (χ1v) is 10.0. The Hall–Kier alpha value is -3.06. The fourth-order valence-corrected chi connectivity index (χ4v) is 4.58. The summed E-state index contributed by atoms with van der Waals surface area (Å²) < 4.78 is 5.21. The molecule has 1 saturated heterocycles. The van der Waals surface area contributed by atoms with Gasteiger partial charge in [0.05, 0.1) is 18.2 Å². The summed E-state index contributed by atoms with van der Waals surface area (Å²) >= 11 is 6.27. The number of hydrogen-bond acceptors (Lipinski definition) is 4. The fraction of sp³-hybridized carbons (Fsp3) is 0.318. The van der Waals surface area contributed by atoms with Crippen molar-refractivity contribution in [2.24, 2.45) is 0 Å². The molecule has 2 atom stereocenters.